The molecule has 0 saturated heterocycles. The van der Waals surface area contributed by atoms with Gasteiger partial charge in [-0.3, -0.25) is 4.98 Å². The van der Waals surface area contributed by atoms with Crippen LogP contribution in [0, 0.1) is 0 Å². The van der Waals surface area contributed by atoms with Crippen LogP contribution in [0.3, 0.4) is 0 Å². The minimum Gasteiger partial charge on any atom is -0.256 e. The number of rotatable bonds is 3. The van der Waals surface area contributed by atoms with Crippen LogP contribution in [0.4, 0.5) is 0 Å². The topological polar surface area (TPSA) is 38.7 Å². The van der Waals surface area contributed by atoms with Crippen molar-refractivity contribution < 1.29 is 0 Å². The van der Waals surface area contributed by atoms with Crippen LogP contribution in [-0.2, 0) is 6.42 Å². The van der Waals surface area contributed by atoms with Crippen molar-refractivity contribution >= 4 is 22.5 Å². The number of halogens is 1. The lowest BCUT2D eigenvalue weighted by Gasteiger charge is -2.09. The van der Waals surface area contributed by atoms with E-state index < -0.39 is 0 Å². The molecule has 0 aliphatic carbocycles. The first kappa shape index (κ1) is 13.0. The summed E-state index contributed by atoms with van der Waals surface area (Å²) >= 11 is 6.20. The predicted octanol–water partition coefficient (Wildman–Crippen LogP) is 4.30. The van der Waals surface area contributed by atoms with Crippen LogP contribution in [0.15, 0.2) is 42.9 Å². The Bertz CT molecular complexity index is 756. The number of benzene rings is 1. The lowest BCUT2D eigenvalue weighted by atomic mass is 10.0. The largest absolute Gasteiger partial charge is 0.256 e. The molecule has 0 bridgehead atoms. The predicted molar refractivity (Wildman–Crippen MR) is 81.8 cm³/mol. The van der Waals surface area contributed by atoms with E-state index in [9.17, 15) is 0 Å². The molecule has 3 rings (SSSR count). The summed E-state index contributed by atoms with van der Waals surface area (Å²) in [6.07, 6.45) is 5.22. The van der Waals surface area contributed by atoms with Gasteiger partial charge in [0.2, 0.25) is 0 Å². The molecule has 0 unspecified atom stereocenters. The van der Waals surface area contributed by atoms with Crippen LogP contribution in [0.1, 0.15) is 18.9 Å². The molecule has 2 aromatic heterocycles. The molecule has 100 valence electrons. The van der Waals surface area contributed by atoms with Gasteiger partial charge in [-0.1, -0.05) is 43.1 Å². The third-order valence-corrected chi connectivity index (χ3v) is 3.58. The molecular formula is C16H14ClN3. The Balaban J connectivity index is 2.17. The summed E-state index contributed by atoms with van der Waals surface area (Å²) in [5.74, 6) is 0. The van der Waals surface area contributed by atoms with Crippen molar-refractivity contribution in [2.45, 2.75) is 19.8 Å². The summed E-state index contributed by atoms with van der Waals surface area (Å²) in [7, 11) is 0. The zero-order chi connectivity index (χ0) is 13.9. The van der Waals surface area contributed by atoms with E-state index in [0.717, 1.165) is 40.6 Å². The fraction of sp³-hybridized carbons (Fsp3) is 0.188. The molecule has 4 heteroatoms. The minimum atomic E-state index is 0.532. The van der Waals surface area contributed by atoms with Gasteiger partial charge in [0.15, 0.2) is 0 Å². The monoisotopic (exact) mass is 283 g/mol. The summed E-state index contributed by atoms with van der Waals surface area (Å²) in [6, 6.07) is 10.1. The Morgan fingerprint density at radius 2 is 1.95 bits per heavy atom. The third-order valence-electron chi connectivity index (χ3n) is 3.26. The molecule has 2 heterocycles. The van der Waals surface area contributed by atoms with Gasteiger partial charge in [-0.15, -0.1) is 0 Å². The number of nitrogens with zero attached hydrogens (tertiary/aromatic N) is 3. The van der Waals surface area contributed by atoms with Gasteiger partial charge in [0.05, 0.1) is 11.2 Å². The van der Waals surface area contributed by atoms with Gasteiger partial charge in [0, 0.05) is 22.7 Å². The number of hydrogen-bond donors (Lipinski definition) is 0. The minimum absolute atomic E-state index is 0.532. The summed E-state index contributed by atoms with van der Waals surface area (Å²) in [6.45, 7) is 2.12. The second kappa shape index (κ2) is 5.55. The van der Waals surface area contributed by atoms with E-state index in [1.165, 1.54) is 6.33 Å². The van der Waals surface area contributed by atoms with Crippen molar-refractivity contribution in [3.8, 4) is 11.3 Å². The molecule has 0 spiro atoms. The number of para-hydroxylation sites is 1. The Morgan fingerprint density at radius 1 is 1.10 bits per heavy atom. The van der Waals surface area contributed by atoms with E-state index in [-0.39, 0.29) is 0 Å². The molecule has 0 aliphatic rings. The Morgan fingerprint density at radius 3 is 2.80 bits per heavy atom. The van der Waals surface area contributed by atoms with Gasteiger partial charge in [0.1, 0.15) is 11.5 Å². The molecule has 0 radical (unpaired) electrons. The van der Waals surface area contributed by atoms with Gasteiger partial charge in [-0.05, 0) is 18.6 Å². The fourth-order valence-electron chi connectivity index (χ4n) is 2.31. The summed E-state index contributed by atoms with van der Waals surface area (Å²) in [5, 5.41) is 1.63. The maximum atomic E-state index is 6.20. The van der Waals surface area contributed by atoms with Crippen molar-refractivity contribution in [1.29, 1.82) is 0 Å². The van der Waals surface area contributed by atoms with Crippen LogP contribution in [-0.4, -0.2) is 15.0 Å². The fourth-order valence-corrected chi connectivity index (χ4v) is 2.54. The lowest BCUT2D eigenvalue weighted by molar-refractivity contribution is 0.904. The molecule has 0 aliphatic heterocycles. The summed E-state index contributed by atoms with van der Waals surface area (Å²) in [5.41, 5.74) is 3.84. The van der Waals surface area contributed by atoms with E-state index >= 15 is 0 Å². The van der Waals surface area contributed by atoms with Crippen LogP contribution in [0.2, 0.25) is 5.15 Å². The maximum Gasteiger partial charge on any atom is 0.136 e. The normalized spacial score (nSPS) is 10.9. The highest BCUT2D eigenvalue weighted by molar-refractivity contribution is 6.30. The number of aromatic nitrogens is 3. The Kier molecular flexibility index (Phi) is 3.61. The molecule has 3 aromatic rings. The highest BCUT2D eigenvalue weighted by Crippen LogP contribution is 2.28. The quantitative estimate of drug-likeness (QED) is 0.673. The van der Waals surface area contributed by atoms with Crippen molar-refractivity contribution in [3.63, 3.8) is 0 Å². The van der Waals surface area contributed by atoms with E-state index in [4.69, 9.17) is 11.6 Å². The van der Waals surface area contributed by atoms with E-state index in [1.807, 2.05) is 30.5 Å². The van der Waals surface area contributed by atoms with Crippen LogP contribution in [0.5, 0.6) is 0 Å². The molecule has 3 nitrogen and oxygen atoms in total. The highest BCUT2D eigenvalue weighted by Gasteiger charge is 2.11. The van der Waals surface area contributed by atoms with Crippen LogP contribution < -0.4 is 0 Å². The molecule has 0 saturated carbocycles. The molecule has 0 atom stereocenters. The van der Waals surface area contributed by atoms with Gasteiger partial charge in [-0.2, -0.15) is 0 Å². The average molecular weight is 284 g/mol. The lowest BCUT2D eigenvalue weighted by Crippen LogP contribution is -1.97. The average Bonchev–Trinajstić information content (AvgIpc) is 2.49. The second-order valence-electron chi connectivity index (χ2n) is 4.66. The van der Waals surface area contributed by atoms with E-state index in [0.29, 0.717) is 5.15 Å². The molecule has 0 N–H and O–H groups in total. The SMILES string of the molecule is CCCc1c(Cl)ncnc1-c1cnc2ccccc2c1. The van der Waals surface area contributed by atoms with Gasteiger partial charge >= 0.3 is 0 Å². The van der Waals surface area contributed by atoms with Crippen molar-refractivity contribution in [2.75, 3.05) is 0 Å². The standard InChI is InChI=1S/C16H14ClN3/c1-2-5-13-15(19-10-20-16(13)17)12-8-11-6-3-4-7-14(11)18-9-12/h3-4,6-10H,2,5H2,1H3. The maximum absolute atomic E-state index is 6.20. The van der Waals surface area contributed by atoms with E-state index in [1.54, 1.807) is 0 Å². The van der Waals surface area contributed by atoms with Crippen LogP contribution >= 0.6 is 11.6 Å². The number of fused-ring (bicyclic) bond motifs is 1. The summed E-state index contributed by atoms with van der Waals surface area (Å²) < 4.78 is 0. The number of pyridine rings is 1. The Labute approximate surface area is 122 Å². The van der Waals surface area contributed by atoms with Gasteiger partial charge in [-0.25, -0.2) is 9.97 Å². The van der Waals surface area contributed by atoms with Gasteiger partial charge in [0.25, 0.3) is 0 Å². The van der Waals surface area contributed by atoms with Crippen molar-refractivity contribution in [1.82, 2.24) is 15.0 Å². The van der Waals surface area contributed by atoms with Crippen molar-refractivity contribution in [3.05, 3.63) is 53.6 Å². The zero-order valence-corrected chi connectivity index (χ0v) is 11.9. The molecule has 0 amide bonds. The summed E-state index contributed by atoms with van der Waals surface area (Å²) in [4.78, 5) is 13.0. The molecule has 0 fully saturated rings. The zero-order valence-electron chi connectivity index (χ0n) is 11.2. The van der Waals surface area contributed by atoms with Crippen molar-refractivity contribution in [2.24, 2.45) is 0 Å². The first-order chi connectivity index (χ1) is 9.79. The molecule has 20 heavy (non-hydrogen) atoms. The third kappa shape index (κ3) is 2.37. The molecule has 1 aromatic carbocycles. The smallest absolute Gasteiger partial charge is 0.136 e. The highest BCUT2D eigenvalue weighted by atomic mass is 35.5. The second-order valence-corrected chi connectivity index (χ2v) is 5.02. The van der Waals surface area contributed by atoms with Crippen LogP contribution in [0.25, 0.3) is 22.2 Å². The number of hydrogen-bond acceptors (Lipinski definition) is 3. The van der Waals surface area contributed by atoms with Gasteiger partial charge < -0.3 is 0 Å². The van der Waals surface area contributed by atoms with E-state index in [2.05, 4.69) is 27.9 Å². The first-order valence-corrected chi connectivity index (χ1v) is 7.02. The Hall–Kier alpha value is -2.00. The molecular weight excluding hydrogens is 270 g/mol. The first-order valence-electron chi connectivity index (χ1n) is 6.64.